The Morgan fingerprint density at radius 3 is 2.68 bits per heavy atom. The highest BCUT2D eigenvalue weighted by Crippen LogP contribution is 2.22. The van der Waals surface area contributed by atoms with Gasteiger partial charge in [-0.1, -0.05) is 35.9 Å². The average Bonchev–Trinajstić information content (AvgIpc) is 2.47. The molecule has 0 atom stereocenters. The molecule has 114 valence electrons. The molecule has 0 aromatic heterocycles. The number of nitrogens with one attached hydrogen (secondary N) is 2. The summed E-state index contributed by atoms with van der Waals surface area (Å²) in [5.74, 6) is 0. The first-order chi connectivity index (χ1) is 10.6. The minimum absolute atomic E-state index is 0.146. The third-order valence-electron chi connectivity index (χ3n) is 2.94. The van der Waals surface area contributed by atoms with Crippen LogP contribution in [-0.2, 0) is 6.42 Å². The van der Waals surface area contributed by atoms with E-state index in [4.69, 9.17) is 11.6 Å². The van der Waals surface area contributed by atoms with E-state index < -0.39 is 11.0 Å². The van der Waals surface area contributed by atoms with Crippen molar-refractivity contribution in [3.8, 4) is 0 Å². The SMILES string of the molecule is O=C(NCCc1cccc(Cl)c1)Nc1ccccc1[N+](=O)[O-]. The van der Waals surface area contributed by atoms with Crippen molar-refractivity contribution in [1.29, 1.82) is 0 Å². The van der Waals surface area contributed by atoms with Gasteiger partial charge < -0.3 is 10.6 Å². The van der Waals surface area contributed by atoms with Crippen molar-refractivity contribution >= 4 is 29.0 Å². The number of carbonyl (C=O) groups excluding carboxylic acids is 1. The molecule has 2 aromatic carbocycles. The number of nitrogens with zero attached hydrogens (tertiary/aromatic N) is 1. The van der Waals surface area contributed by atoms with Gasteiger partial charge in [-0.3, -0.25) is 10.1 Å². The molecular formula is C15H14ClN3O3. The van der Waals surface area contributed by atoms with Crippen LogP contribution >= 0.6 is 11.6 Å². The Morgan fingerprint density at radius 2 is 1.95 bits per heavy atom. The monoisotopic (exact) mass is 319 g/mol. The van der Waals surface area contributed by atoms with Crippen LogP contribution < -0.4 is 10.6 Å². The number of benzene rings is 2. The summed E-state index contributed by atoms with van der Waals surface area (Å²) in [6.07, 6.45) is 0.616. The molecule has 0 spiro atoms. The maximum absolute atomic E-state index is 11.8. The number of hydrogen-bond acceptors (Lipinski definition) is 3. The van der Waals surface area contributed by atoms with E-state index in [2.05, 4.69) is 10.6 Å². The van der Waals surface area contributed by atoms with E-state index in [-0.39, 0.29) is 11.4 Å². The topological polar surface area (TPSA) is 84.3 Å². The van der Waals surface area contributed by atoms with Crippen molar-refractivity contribution in [3.05, 3.63) is 69.2 Å². The third-order valence-corrected chi connectivity index (χ3v) is 3.17. The minimum Gasteiger partial charge on any atom is -0.338 e. The van der Waals surface area contributed by atoms with Crippen LogP contribution in [-0.4, -0.2) is 17.5 Å². The first-order valence-corrected chi connectivity index (χ1v) is 6.97. The fourth-order valence-electron chi connectivity index (χ4n) is 1.92. The first kappa shape index (κ1) is 15.8. The summed E-state index contributed by atoms with van der Waals surface area (Å²) in [4.78, 5) is 22.1. The van der Waals surface area contributed by atoms with Crippen molar-refractivity contribution < 1.29 is 9.72 Å². The van der Waals surface area contributed by atoms with Crippen LogP contribution in [0.4, 0.5) is 16.2 Å². The quantitative estimate of drug-likeness (QED) is 0.652. The standard InChI is InChI=1S/C15H14ClN3O3/c16-12-5-3-4-11(10-12)8-9-17-15(20)18-13-6-1-2-7-14(13)19(21)22/h1-7,10H,8-9H2,(H2,17,18,20). The van der Waals surface area contributed by atoms with E-state index in [0.717, 1.165) is 5.56 Å². The number of rotatable bonds is 5. The normalized spacial score (nSPS) is 10.0. The van der Waals surface area contributed by atoms with E-state index in [1.54, 1.807) is 18.2 Å². The zero-order valence-electron chi connectivity index (χ0n) is 11.6. The predicted molar refractivity (Wildman–Crippen MR) is 85.3 cm³/mol. The van der Waals surface area contributed by atoms with Gasteiger partial charge in [0.15, 0.2) is 0 Å². The molecule has 0 heterocycles. The fraction of sp³-hybridized carbons (Fsp3) is 0.133. The molecule has 7 heteroatoms. The van der Waals surface area contributed by atoms with Crippen molar-refractivity contribution in [1.82, 2.24) is 5.32 Å². The molecule has 0 unspecified atom stereocenters. The Hall–Kier alpha value is -2.60. The summed E-state index contributed by atoms with van der Waals surface area (Å²) in [6.45, 7) is 0.396. The maximum atomic E-state index is 11.8. The number of nitro benzene ring substituents is 1. The molecule has 0 bridgehead atoms. The summed E-state index contributed by atoms with van der Waals surface area (Å²) in [7, 11) is 0. The van der Waals surface area contributed by atoms with Gasteiger partial charge in [0.05, 0.1) is 4.92 Å². The van der Waals surface area contributed by atoms with Crippen LogP contribution in [0.3, 0.4) is 0 Å². The molecule has 0 aliphatic heterocycles. The maximum Gasteiger partial charge on any atom is 0.319 e. The number of anilines is 1. The van der Waals surface area contributed by atoms with Crippen LogP contribution in [0.2, 0.25) is 5.02 Å². The van der Waals surface area contributed by atoms with E-state index in [0.29, 0.717) is 18.0 Å². The van der Waals surface area contributed by atoms with Gasteiger partial charge in [0.1, 0.15) is 5.69 Å². The Kier molecular flexibility index (Phi) is 5.32. The zero-order chi connectivity index (χ0) is 15.9. The number of halogens is 1. The average molecular weight is 320 g/mol. The summed E-state index contributed by atoms with van der Waals surface area (Å²) >= 11 is 5.88. The van der Waals surface area contributed by atoms with E-state index in [1.807, 2.05) is 18.2 Å². The smallest absolute Gasteiger partial charge is 0.319 e. The Labute approximate surface area is 132 Å². The molecule has 22 heavy (non-hydrogen) atoms. The second-order valence-electron chi connectivity index (χ2n) is 4.54. The number of carbonyl (C=O) groups is 1. The number of nitro groups is 1. The molecule has 2 N–H and O–H groups in total. The summed E-state index contributed by atoms with van der Waals surface area (Å²) in [5, 5.41) is 16.6. The highest BCUT2D eigenvalue weighted by Gasteiger charge is 2.14. The summed E-state index contributed by atoms with van der Waals surface area (Å²) < 4.78 is 0. The Bertz CT molecular complexity index is 691. The molecule has 2 amide bonds. The number of hydrogen-bond donors (Lipinski definition) is 2. The van der Waals surface area contributed by atoms with E-state index in [1.165, 1.54) is 12.1 Å². The molecule has 0 aliphatic rings. The van der Waals surface area contributed by atoms with Crippen molar-refractivity contribution in [2.45, 2.75) is 6.42 Å². The number of para-hydroxylation sites is 2. The van der Waals surface area contributed by atoms with Gasteiger partial charge in [0, 0.05) is 17.6 Å². The van der Waals surface area contributed by atoms with Crippen molar-refractivity contribution in [3.63, 3.8) is 0 Å². The number of amides is 2. The Morgan fingerprint density at radius 1 is 1.18 bits per heavy atom. The lowest BCUT2D eigenvalue weighted by molar-refractivity contribution is -0.383. The van der Waals surface area contributed by atoms with Crippen LogP contribution in [0.1, 0.15) is 5.56 Å². The van der Waals surface area contributed by atoms with Gasteiger partial charge in [-0.15, -0.1) is 0 Å². The number of urea groups is 1. The second-order valence-corrected chi connectivity index (χ2v) is 4.97. The lowest BCUT2D eigenvalue weighted by Crippen LogP contribution is -2.30. The molecular weight excluding hydrogens is 306 g/mol. The van der Waals surface area contributed by atoms with Gasteiger partial charge in [-0.2, -0.15) is 0 Å². The third kappa shape index (κ3) is 4.46. The molecule has 0 fully saturated rings. The molecule has 0 radical (unpaired) electrons. The fourth-order valence-corrected chi connectivity index (χ4v) is 2.13. The lowest BCUT2D eigenvalue weighted by atomic mass is 10.1. The molecule has 0 saturated carbocycles. The zero-order valence-corrected chi connectivity index (χ0v) is 12.3. The van der Waals surface area contributed by atoms with Gasteiger partial charge in [0.2, 0.25) is 0 Å². The summed E-state index contributed by atoms with van der Waals surface area (Å²) in [6, 6.07) is 12.8. The largest absolute Gasteiger partial charge is 0.338 e. The van der Waals surface area contributed by atoms with Crippen LogP contribution in [0.5, 0.6) is 0 Å². The molecule has 0 saturated heterocycles. The molecule has 2 rings (SSSR count). The molecule has 6 nitrogen and oxygen atoms in total. The van der Waals surface area contributed by atoms with Crippen LogP contribution in [0.15, 0.2) is 48.5 Å². The predicted octanol–water partition coefficient (Wildman–Crippen LogP) is 3.61. The van der Waals surface area contributed by atoms with Crippen LogP contribution in [0.25, 0.3) is 0 Å². The minimum atomic E-state index is -0.540. The highest BCUT2D eigenvalue weighted by molar-refractivity contribution is 6.30. The van der Waals surface area contributed by atoms with Gasteiger partial charge in [-0.25, -0.2) is 4.79 Å². The molecule has 0 aliphatic carbocycles. The highest BCUT2D eigenvalue weighted by atomic mass is 35.5. The van der Waals surface area contributed by atoms with Gasteiger partial charge in [0.25, 0.3) is 5.69 Å². The van der Waals surface area contributed by atoms with Crippen LogP contribution in [0, 0.1) is 10.1 Å². The summed E-state index contributed by atoms with van der Waals surface area (Å²) in [5.41, 5.74) is 1.01. The second kappa shape index (κ2) is 7.42. The van der Waals surface area contributed by atoms with E-state index >= 15 is 0 Å². The van der Waals surface area contributed by atoms with Gasteiger partial charge in [-0.05, 0) is 30.2 Å². The first-order valence-electron chi connectivity index (χ1n) is 6.59. The van der Waals surface area contributed by atoms with Crippen molar-refractivity contribution in [2.75, 3.05) is 11.9 Å². The molecule has 2 aromatic rings. The Balaban J connectivity index is 1.87. The van der Waals surface area contributed by atoms with Crippen molar-refractivity contribution in [2.24, 2.45) is 0 Å². The van der Waals surface area contributed by atoms with Gasteiger partial charge >= 0.3 is 6.03 Å². The van der Waals surface area contributed by atoms with E-state index in [9.17, 15) is 14.9 Å². The lowest BCUT2D eigenvalue weighted by Gasteiger charge is -2.08.